The van der Waals surface area contributed by atoms with Crippen LogP contribution in [-0.4, -0.2) is 9.13 Å². The molecular formula is C57H46N2O. The van der Waals surface area contributed by atoms with Crippen LogP contribution in [0.5, 0.6) is 11.5 Å². The molecule has 8 aromatic carbocycles. The molecule has 0 unspecified atom stereocenters. The van der Waals surface area contributed by atoms with Crippen molar-refractivity contribution < 1.29 is 4.74 Å². The summed E-state index contributed by atoms with van der Waals surface area (Å²) in [5, 5.41) is 5.07. The van der Waals surface area contributed by atoms with Gasteiger partial charge in [-0.15, -0.1) is 0 Å². The van der Waals surface area contributed by atoms with Crippen LogP contribution >= 0.6 is 0 Å². The van der Waals surface area contributed by atoms with Crippen LogP contribution in [0.3, 0.4) is 0 Å². The largest absolute Gasteiger partial charge is 0.457 e. The Morgan fingerprint density at radius 1 is 0.367 bits per heavy atom. The SMILES string of the molecule is CC(C)(C)c1ccc2c(c1)c1cc(C(C)(C)C)ccc1n2-c1ccc2c3ccccc3n(-c3ccc4c(c3)C3(c5ccccc5Oc5ccccc53)c3ccccc3-4)c2c1. The van der Waals surface area contributed by atoms with Gasteiger partial charge in [-0.2, -0.15) is 0 Å². The molecule has 3 nitrogen and oxygen atoms in total. The van der Waals surface area contributed by atoms with Crippen LogP contribution in [0.15, 0.2) is 170 Å². The summed E-state index contributed by atoms with van der Waals surface area (Å²) in [6, 6.07) is 63.5. The van der Waals surface area contributed by atoms with Gasteiger partial charge < -0.3 is 13.9 Å². The fraction of sp³-hybridized carbons (Fsp3) is 0.158. The first-order valence-corrected chi connectivity index (χ1v) is 21.3. The Hall–Kier alpha value is -6.84. The molecule has 290 valence electrons. The number of fused-ring (bicyclic) bond motifs is 15. The van der Waals surface area contributed by atoms with Crippen molar-refractivity contribution in [1.82, 2.24) is 9.13 Å². The maximum atomic E-state index is 6.66. The molecule has 2 aromatic heterocycles. The van der Waals surface area contributed by atoms with Crippen molar-refractivity contribution in [2.24, 2.45) is 0 Å². The van der Waals surface area contributed by atoms with Crippen molar-refractivity contribution in [3.05, 3.63) is 203 Å². The van der Waals surface area contributed by atoms with Crippen molar-refractivity contribution in [3.8, 4) is 34.0 Å². The molecule has 0 saturated carbocycles. The third-order valence-electron chi connectivity index (χ3n) is 13.5. The molecule has 1 aliphatic heterocycles. The van der Waals surface area contributed by atoms with Crippen molar-refractivity contribution in [2.45, 2.75) is 57.8 Å². The van der Waals surface area contributed by atoms with Gasteiger partial charge in [-0.1, -0.05) is 145 Å². The molecule has 0 atom stereocenters. The Bertz CT molecular complexity index is 3320. The summed E-state index contributed by atoms with van der Waals surface area (Å²) in [7, 11) is 0. The monoisotopic (exact) mass is 774 g/mol. The van der Waals surface area contributed by atoms with Crippen molar-refractivity contribution in [1.29, 1.82) is 0 Å². The van der Waals surface area contributed by atoms with E-state index in [0.29, 0.717) is 0 Å². The van der Waals surface area contributed by atoms with E-state index >= 15 is 0 Å². The van der Waals surface area contributed by atoms with Gasteiger partial charge in [0.05, 0.1) is 27.5 Å². The third kappa shape index (κ3) is 4.72. The zero-order valence-corrected chi connectivity index (χ0v) is 35.0. The van der Waals surface area contributed by atoms with E-state index < -0.39 is 5.41 Å². The second kappa shape index (κ2) is 12.1. The quantitative estimate of drug-likeness (QED) is 0.171. The van der Waals surface area contributed by atoms with Crippen molar-refractivity contribution >= 4 is 43.6 Å². The van der Waals surface area contributed by atoms with Crippen LogP contribution in [0.4, 0.5) is 0 Å². The van der Waals surface area contributed by atoms with E-state index in [4.69, 9.17) is 4.74 Å². The first kappa shape index (κ1) is 35.1. The van der Waals surface area contributed by atoms with Crippen LogP contribution in [0, 0.1) is 0 Å². The van der Waals surface area contributed by atoms with Gasteiger partial charge in [0.2, 0.25) is 0 Å². The molecular weight excluding hydrogens is 729 g/mol. The van der Waals surface area contributed by atoms with E-state index in [2.05, 4.69) is 221 Å². The average molecular weight is 775 g/mol. The molecule has 60 heavy (non-hydrogen) atoms. The number of nitrogens with zero attached hydrogens (tertiary/aromatic N) is 2. The Labute approximate surface area is 351 Å². The van der Waals surface area contributed by atoms with E-state index in [9.17, 15) is 0 Å². The lowest BCUT2D eigenvalue weighted by atomic mass is 9.66. The van der Waals surface area contributed by atoms with Crippen LogP contribution in [0.2, 0.25) is 0 Å². The van der Waals surface area contributed by atoms with Crippen LogP contribution in [0.1, 0.15) is 74.9 Å². The Morgan fingerprint density at radius 2 is 0.850 bits per heavy atom. The predicted molar refractivity (Wildman–Crippen MR) is 250 cm³/mol. The van der Waals surface area contributed by atoms with Crippen molar-refractivity contribution in [2.75, 3.05) is 0 Å². The van der Waals surface area contributed by atoms with E-state index in [-0.39, 0.29) is 10.8 Å². The minimum absolute atomic E-state index is 0.0364. The number of aromatic nitrogens is 2. The van der Waals surface area contributed by atoms with Gasteiger partial charge in [-0.25, -0.2) is 0 Å². The Morgan fingerprint density at radius 3 is 1.50 bits per heavy atom. The number of rotatable bonds is 2. The number of benzene rings is 8. The molecule has 0 fully saturated rings. The molecule has 0 N–H and O–H groups in total. The zero-order valence-electron chi connectivity index (χ0n) is 35.0. The van der Waals surface area contributed by atoms with Gasteiger partial charge in [-0.05, 0) is 111 Å². The molecule has 3 heterocycles. The second-order valence-electron chi connectivity index (χ2n) is 19.0. The van der Waals surface area contributed by atoms with Gasteiger partial charge in [-0.3, -0.25) is 0 Å². The highest BCUT2D eigenvalue weighted by molar-refractivity contribution is 6.12. The summed E-state index contributed by atoms with van der Waals surface area (Å²) < 4.78 is 11.6. The molecule has 3 heteroatoms. The summed E-state index contributed by atoms with van der Waals surface area (Å²) in [4.78, 5) is 0. The minimum Gasteiger partial charge on any atom is -0.457 e. The van der Waals surface area contributed by atoms with Crippen LogP contribution < -0.4 is 4.74 Å². The molecule has 2 aliphatic rings. The zero-order chi connectivity index (χ0) is 40.7. The lowest BCUT2D eigenvalue weighted by Gasteiger charge is -2.39. The molecule has 10 aromatic rings. The summed E-state index contributed by atoms with van der Waals surface area (Å²) in [6.45, 7) is 13.8. The van der Waals surface area contributed by atoms with Gasteiger partial charge in [0, 0.05) is 44.0 Å². The van der Waals surface area contributed by atoms with Crippen LogP contribution in [-0.2, 0) is 16.2 Å². The van der Waals surface area contributed by atoms with E-state index in [1.807, 2.05) is 0 Å². The molecule has 0 amide bonds. The highest BCUT2D eigenvalue weighted by Crippen LogP contribution is 2.62. The Balaban J connectivity index is 1.14. The molecule has 1 aliphatic carbocycles. The van der Waals surface area contributed by atoms with E-state index in [1.165, 1.54) is 88.1 Å². The third-order valence-corrected chi connectivity index (χ3v) is 13.5. The number of hydrogen-bond acceptors (Lipinski definition) is 1. The second-order valence-corrected chi connectivity index (χ2v) is 19.0. The topological polar surface area (TPSA) is 19.1 Å². The van der Waals surface area contributed by atoms with Gasteiger partial charge in [0.25, 0.3) is 0 Å². The number of ether oxygens (including phenoxy) is 1. The fourth-order valence-electron chi connectivity index (χ4n) is 10.6. The lowest BCUT2D eigenvalue weighted by Crippen LogP contribution is -2.32. The maximum Gasteiger partial charge on any atom is 0.132 e. The maximum absolute atomic E-state index is 6.66. The molecule has 0 bridgehead atoms. The summed E-state index contributed by atoms with van der Waals surface area (Å²) in [5.41, 5.74) is 16.8. The molecule has 0 saturated heterocycles. The summed E-state index contributed by atoms with van der Waals surface area (Å²) >= 11 is 0. The predicted octanol–water partition coefficient (Wildman–Crippen LogP) is 14.9. The normalized spacial score (nSPS) is 14.1. The average Bonchev–Trinajstić information content (AvgIpc) is 3.86. The lowest BCUT2D eigenvalue weighted by molar-refractivity contribution is 0.436. The summed E-state index contributed by atoms with van der Waals surface area (Å²) in [6.07, 6.45) is 0. The van der Waals surface area contributed by atoms with Gasteiger partial charge >= 0.3 is 0 Å². The van der Waals surface area contributed by atoms with Gasteiger partial charge in [0.15, 0.2) is 0 Å². The van der Waals surface area contributed by atoms with Crippen molar-refractivity contribution in [3.63, 3.8) is 0 Å². The minimum atomic E-state index is -0.544. The fourth-order valence-corrected chi connectivity index (χ4v) is 10.6. The molecule has 0 radical (unpaired) electrons. The number of hydrogen-bond donors (Lipinski definition) is 0. The molecule has 12 rings (SSSR count). The van der Waals surface area contributed by atoms with Gasteiger partial charge in [0.1, 0.15) is 11.5 Å². The van der Waals surface area contributed by atoms with E-state index in [0.717, 1.165) is 22.9 Å². The summed E-state index contributed by atoms with van der Waals surface area (Å²) in [5.74, 6) is 1.81. The smallest absolute Gasteiger partial charge is 0.132 e. The van der Waals surface area contributed by atoms with Crippen LogP contribution in [0.25, 0.3) is 66.1 Å². The first-order valence-electron chi connectivity index (χ1n) is 21.3. The highest BCUT2D eigenvalue weighted by Gasteiger charge is 2.51. The van der Waals surface area contributed by atoms with E-state index in [1.54, 1.807) is 0 Å². The highest BCUT2D eigenvalue weighted by atomic mass is 16.5. The number of para-hydroxylation sites is 3. The Kier molecular flexibility index (Phi) is 7.09. The molecule has 1 spiro atoms. The standard InChI is InChI=1S/C57H46N2O/c1-55(2,3)35-23-29-50-43(31-35)44-32-36(56(4,5)6)24-30-51(44)58(50)38-26-28-42-41-16-8-12-20-49(41)59(52(42)34-38)37-25-27-40-39-15-7-9-17-45(39)57(48(40)33-37)46-18-10-13-21-53(46)60-54-22-14-11-19-47(54)57/h7-34H,1-6H3. The first-order chi connectivity index (χ1) is 29.0.